The molecule has 0 aliphatic heterocycles. The first-order chi connectivity index (χ1) is 12.9. The molecule has 10 heteroatoms. The molecule has 0 amide bonds. The minimum absolute atomic E-state index is 0.00328. The fourth-order valence-corrected chi connectivity index (χ4v) is 2.43. The number of hydrogen-bond acceptors (Lipinski definition) is 9. The van der Waals surface area contributed by atoms with Gasteiger partial charge in [0.2, 0.25) is 0 Å². The Morgan fingerprint density at radius 1 is 1.22 bits per heavy atom. The molecule has 0 saturated heterocycles. The highest BCUT2D eigenvalue weighted by atomic mass is 16.6. The van der Waals surface area contributed by atoms with Crippen LogP contribution >= 0.6 is 0 Å². The molecule has 27 heavy (non-hydrogen) atoms. The third-order valence-electron chi connectivity index (χ3n) is 3.68. The van der Waals surface area contributed by atoms with E-state index in [9.17, 15) is 14.9 Å². The molecule has 0 aliphatic carbocycles. The second-order valence-corrected chi connectivity index (χ2v) is 5.55. The first-order valence-electron chi connectivity index (χ1n) is 7.78. The van der Waals surface area contributed by atoms with E-state index in [-0.39, 0.29) is 35.4 Å². The van der Waals surface area contributed by atoms with Gasteiger partial charge in [-0.2, -0.15) is 0 Å². The van der Waals surface area contributed by atoms with Crippen LogP contribution in [0, 0.1) is 24.0 Å². The maximum Gasteiger partial charge on any atom is 0.338 e. The fraction of sp³-hybridized carbons (Fsp3) is 0.235. The Kier molecular flexibility index (Phi) is 4.88. The third kappa shape index (κ3) is 3.78. The van der Waals surface area contributed by atoms with E-state index in [0.29, 0.717) is 17.1 Å². The molecule has 2 aromatic heterocycles. The summed E-state index contributed by atoms with van der Waals surface area (Å²) in [5.74, 6) is 0.940. The highest BCUT2D eigenvalue weighted by molar-refractivity contribution is 5.90. The molecule has 0 N–H and O–H groups in total. The van der Waals surface area contributed by atoms with E-state index < -0.39 is 10.9 Å². The highest BCUT2D eigenvalue weighted by Gasteiger charge is 2.20. The maximum atomic E-state index is 12.1. The second-order valence-electron chi connectivity index (χ2n) is 5.55. The van der Waals surface area contributed by atoms with Crippen molar-refractivity contribution < 1.29 is 28.0 Å². The van der Waals surface area contributed by atoms with Gasteiger partial charge in [0.1, 0.15) is 11.5 Å². The number of ether oxygens (including phenoxy) is 2. The van der Waals surface area contributed by atoms with Gasteiger partial charge in [-0.3, -0.25) is 10.1 Å². The molecule has 1 aromatic carbocycles. The van der Waals surface area contributed by atoms with Gasteiger partial charge in [0.25, 0.3) is 11.8 Å². The van der Waals surface area contributed by atoms with Crippen molar-refractivity contribution in [1.29, 1.82) is 0 Å². The summed E-state index contributed by atoms with van der Waals surface area (Å²) in [6.07, 6.45) is 0. The summed E-state index contributed by atoms with van der Waals surface area (Å²) in [6, 6.07) is 5.53. The number of aromatic nitrogens is 2. The number of rotatable bonds is 6. The number of nitrogens with zero attached hydrogens (tertiary/aromatic N) is 3. The first kappa shape index (κ1) is 18.1. The summed E-state index contributed by atoms with van der Waals surface area (Å²) in [6.45, 7) is 3.29. The zero-order valence-electron chi connectivity index (χ0n) is 14.7. The highest BCUT2D eigenvalue weighted by Crippen LogP contribution is 2.28. The van der Waals surface area contributed by atoms with Gasteiger partial charge >= 0.3 is 11.7 Å². The molecule has 0 atom stereocenters. The molecule has 3 aromatic rings. The van der Waals surface area contributed by atoms with E-state index in [0.717, 1.165) is 6.07 Å². The molecular weight excluding hydrogens is 358 g/mol. The Balaban J connectivity index is 1.70. The lowest BCUT2D eigenvalue weighted by Gasteiger charge is -2.05. The summed E-state index contributed by atoms with van der Waals surface area (Å²) in [5, 5.41) is 18.7. The largest absolute Gasteiger partial charge is 0.490 e. The van der Waals surface area contributed by atoms with Crippen LogP contribution in [-0.2, 0) is 11.3 Å². The Bertz CT molecular complexity index is 1010. The van der Waals surface area contributed by atoms with E-state index in [2.05, 4.69) is 10.2 Å². The van der Waals surface area contributed by atoms with Crippen molar-refractivity contribution >= 4 is 11.7 Å². The molecule has 0 aliphatic rings. The van der Waals surface area contributed by atoms with Crippen molar-refractivity contribution in [3.05, 3.63) is 57.4 Å². The predicted octanol–water partition coefficient (Wildman–Crippen LogP) is 3.22. The van der Waals surface area contributed by atoms with Crippen LogP contribution < -0.4 is 4.74 Å². The third-order valence-corrected chi connectivity index (χ3v) is 3.68. The SMILES string of the molecule is COc1ccc(C(=O)OCc2nnc(-c3cc(C)oc3C)o2)cc1[N+](=O)[O-]. The fourth-order valence-electron chi connectivity index (χ4n) is 2.43. The van der Waals surface area contributed by atoms with Crippen LogP contribution in [0.3, 0.4) is 0 Å². The maximum absolute atomic E-state index is 12.1. The lowest BCUT2D eigenvalue weighted by molar-refractivity contribution is -0.385. The Morgan fingerprint density at radius 3 is 2.63 bits per heavy atom. The molecule has 0 spiro atoms. The summed E-state index contributed by atoms with van der Waals surface area (Å²) in [5.41, 5.74) is 0.324. The van der Waals surface area contributed by atoms with Crippen LogP contribution in [0.15, 0.2) is 33.1 Å². The second kappa shape index (κ2) is 7.28. The van der Waals surface area contributed by atoms with Crippen LogP contribution in [0.2, 0.25) is 0 Å². The summed E-state index contributed by atoms with van der Waals surface area (Å²) < 4.78 is 20.8. The van der Waals surface area contributed by atoms with Gasteiger partial charge in [-0.05, 0) is 32.0 Å². The average molecular weight is 373 g/mol. The van der Waals surface area contributed by atoms with Crippen molar-refractivity contribution in [1.82, 2.24) is 10.2 Å². The van der Waals surface area contributed by atoms with E-state index in [1.165, 1.54) is 19.2 Å². The van der Waals surface area contributed by atoms with Crippen LogP contribution in [0.25, 0.3) is 11.5 Å². The van der Waals surface area contributed by atoms with E-state index in [1.54, 1.807) is 19.9 Å². The molecule has 10 nitrogen and oxygen atoms in total. The average Bonchev–Trinajstić information content (AvgIpc) is 3.24. The lowest BCUT2D eigenvalue weighted by atomic mass is 10.2. The molecule has 2 heterocycles. The monoisotopic (exact) mass is 373 g/mol. The van der Waals surface area contributed by atoms with Crippen LogP contribution in [0.5, 0.6) is 5.75 Å². The normalized spacial score (nSPS) is 10.6. The van der Waals surface area contributed by atoms with Gasteiger partial charge in [0.15, 0.2) is 12.4 Å². The van der Waals surface area contributed by atoms with Gasteiger partial charge in [-0.1, -0.05) is 0 Å². The molecule has 0 radical (unpaired) electrons. The first-order valence-corrected chi connectivity index (χ1v) is 7.78. The van der Waals surface area contributed by atoms with Crippen LogP contribution in [-0.4, -0.2) is 28.2 Å². The molecule has 3 rings (SSSR count). The number of aryl methyl sites for hydroxylation is 2. The zero-order valence-corrected chi connectivity index (χ0v) is 14.7. The number of furan rings is 1. The quantitative estimate of drug-likeness (QED) is 0.363. The molecule has 140 valence electrons. The zero-order chi connectivity index (χ0) is 19.6. The summed E-state index contributed by atoms with van der Waals surface area (Å²) in [4.78, 5) is 22.5. The topological polar surface area (TPSA) is 131 Å². The number of nitro groups is 1. The molecule has 0 fully saturated rings. The van der Waals surface area contributed by atoms with Crippen molar-refractivity contribution in [2.75, 3.05) is 7.11 Å². The van der Waals surface area contributed by atoms with Crippen molar-refractivity contribution in [2.24, 2.45) is 0 Å². The summed E-state index contributed by atoms with van der Waals surface area (Å²) >= 11 is 0. The van der Waals surface area contributed by atoms with Gasteiger partial charge < -0.3 is 18.3 Å². The molecular formula is C17H15N3O7. The van der Waals surface area contributed by atoms with E-state index in [1.807, 2.05) is 0 Å². The minimum atomic E-state index is -0.768. The van der Waals surface area contributed by atoms with E-state index in [4.69, 9.17) is 18.3 Å². The number of esters is 1. The standard InChI is InChI=1S/C17H15N3O7/c1-9-6-12(10(2)26-9)16-19-18-15(27-16)8-25-17(21)11-4-5-14(24-3)13(7-11)20(22)23/h4-7H,8H2,1-3H3. The Labute approximate surface area is 152 Å². The predicted molar refractivity (Wildman–Crippen MR) is 90.2 cm³/mol. The number of benzene rings is 1. The number of methoxy groups -OCH3 is 1. The summed E-state index contributed by atoms with van der Waals surface area (Å²) in [7, 11) is 1.30. The number of carbonyl (C=O) groups is 1. The minimum Gasteiger partial charge on any atom is -0.490 e. The van der Waals surface area contributed by atoms with Crippen molar-refractivity contribution in [3.63, 3.8) is 0 Å². The number of hydrogen-bond donors (Lipinski definition) is 0. The van der Waals surface area contributed by atoms with Crippen LogP contribution in [0.4, 0.5) is 5.69 Å². The molecule has 0 unspecified atom stereocenters. The van der Waals surface area contributed by atoms with Gasteiger partial charge in [0, 0.05) is 6.07 Å². The van der Waals surface area contributed by atoms with Crippen LogP contribution in [0.1, 0.15) is 27.8 Å². The molecule has 0 saturated carbocycles. The molecule has 0 bridgehead atoms. The van der Waals surface area contributed by atoms with Gasteiger partial charge in [-0.15, -0.1) is 10.2 Å². The van der Waals surface area contributed by atoms with Crippen molar-refractivity contribution in [2.45, 2.75) is 20.5 Å². The number of nitro benzene ring substituents is 1. The van der Waals surface area contributed by atoms with E-state index >= 15 is 0 Å². The lowest BCUT2D eigenvalue weighted by Crippen LogP contribution is -2.06. The van der Waals surface area contributed by atoms with Crippen molar-refractivity contribution in [3.8, 4) is 17.2 Å². The number of carbonyl (C=O) groups excluding carboxylic acids is 1. The van der Waals surface area contributed by atoms with Gasteiger partial charge in [-0.25, -0.2) is 4.79 Å². The Hall–Kier alpha value is -3.69. The smallest absolute Gasteiger partial charge is 0.338 e. The van der Waals surface area contributed by atoms with Gasteiger partial charge in [0.05, 0.1) is 23.2 Å². The Morgan fingerprint density at radius 2 is 2.00 bits per heavy atom.